The van der Waals surface area contributed by atoms with Crippen molar-refractivity contribution in [3.05, 3.63) is 88.1 Å². The average molecular weight is 765 g/mol. The third-order valence-electron chi connectivity index (χ3n) is 9.26. The Morgan fingerprint density at radius 1 is 1.06 bits per heavy atom. The molecule has 0 aromatic heterocycles. The Hall–Kier alpha value is -5.44. The standard InChI is InChI=1S/C39H44N2O12S/c1-21-15-26-16-28-37(43)40(29(19-48-24(4)42)27-17-30(53-54(9,45)46)22(2)34-35(27)51-20-50-34)23(3)32(41(28)38(44)52-39(5,6)7)31(26)36(33(21)47-8)49-18-25-13-11-10-12-14-25/h10-15,17,28-29,32H,3,16,18-20H2,1-2,4-9H3/t28-,29-,32-/m0/s1. The van der Waals surface area contributed by atoms with E-state index >= 15 is 4.79 Å². The summed E-state index contributed by atoms with van der Waals surface area (Å²) < 4.78 is 65.6. The van der Waals surface area contributed by atoms with Crippen LogP contribution in [0.15, 0.2) is 54.7 Å². The van der Waals surface area contributed by atoms with Gasteiger partial charge in [0.05, 0.1) is 19.4 Å². The Labute approximate surface area is 314 Å². The molecular formula is C39H44N2O12S. The number of fused-ring (bicyclic) bond motifs is 5. The number of hydrogen-bond donors (Lipinski definition) is 0. The molecule has 3 aromatic rings. The fourth-order valence-electron chi connectivity index (χ4n) is 7.14. The molecule has 0 radical (unpaired) electrons. The Morgan fingerprint density at radius 2 is 1.74 bits per heavy atom. The highest BCUT2D eigenvalue weighted by Crippen LogP contribution is 2.54. The lowest BCUT2D eigenvalue weighted by atomic mass is 9.80. The number of amides is 2. The zero-order valence-corrected chi connectivity index (χ0v) is 32.3. The third-order valence-corrected chi connectivity index (χ3v) is 9.74. The number of ether oxygens (including phenoxy) is 6. The zero-order chi connectivity index (χ0) is 39.3. The Balaban J connectivity index is 1.56. The first-order valence-electron chi connectivity index (χ1n) is 17.3. The minimum absolute atomic E-state index is 0.0640. The Kier molecular flexibility index (Phi) is 10.2. The van der Waals surface area contributed by atoms with Crippen LogP contribution >= 0.6 is 0 Å². The fourth-order valence-corrected chi connectivity index (χ4v) is 7.64. The summed E-state index contributed by atoms with van der Waals surface area (Å²) in [5.74, 6) is -0.0635. The van der Waals surface area contributed by atoms with Crippen molar-refractivity contribution in [3.8, 4) is 28.7 Å². The van der Waals surface area contributed by atoms with Crippen molar-refractivity contribution < 1.29 is 55.4 Å². The number of hydrogen-bond acceptors (Lipinski definition) is 12. The number of methoxy groups -OCH3 is 1. The lowest BCUT2D eigenvalue weighted by molar-refractivity contribution is -0.151. The number of carbonyl (C=O) groups is 3. The first kappa shape index (κ1) is 38.3. The maximum atomic E-state index is 15.0. The molecule has 14 nitrogen and oxygen atoms in total. The highest BCUT2D eigenvalue weighted by atomic mass is 32.2. The summed E-state index contributed by atoms with van der Waals surface area (Å²) in [6, 6.07) is 9.56. The summed E-state index contributed by atoms with van der Waals surface area (Å²) in [7, 11) is -2.49. The van der Waals surface area contributed by atoms with Gasteiger partial charge in [0.25, 0.3) is 5.91 Å². The van der Waals surface area contributed by atoms with Crippen LogP contribution in [0.5, 0.6) is 28.7 Å². The van der Waals surface area contributed by atoms with Gasteiger partial charge in [-0.2, -0.15) is 8.42 Å². The molecule has 2 bridgehead atoms. The first-order chi connectivity index (χ1) is 25.4. The van der Waals surface area contributed by atoms with E-state index in [0.29, 0.717) is 22.6 Å². The molecule has 15 heteroatoms. The van der Waals surface area contributed by atoms with E-state index in [-0.39, 0.29) is 48.3 Å². The molecule has 0 unspecified atom stereocenters. The highest BCUT2D eigenvalue weighted by Gasteiger charge is 2.55. The van der Waals surface area contributed by atoms with Crippen LogP contribution in [0.2, 0.25) is 0 Å². The highest BCUT2D eigenvalue weighted by molar-refractivity contribution is 7.86. The molecule has 54 heavy (non-hydrogen) atoms. The van der Waals surface area contributed by atoms with E-state index in [4.69, 9.17) is 32.6 Å². The van der Waals surface area contributed by atoms with Crippen LogP contribution in [0.1, 0.15) is 73.2 Å². The van der Waals surface area contributed by atoms with Gasteiger partial charge in [0.15, 0.2) is 23.0 Å². The van der Waals surface area contributed by atoms with Gasteiger partial charge in [-0.3, -0.25) is 14.5 Å². The van der Waals surface area contributed by atoms with Gasteiger partial charge in [-0.05, 0) is 57.4 Å². The van der Waals surface area contributed by atoms with Crippen LogP contribution in [0, 0.1) is 13.8 Å². The largest absolute Gasteiger partial charge is 0.493 e. The minimum Gasteiger partial charge on any atom is -0.493 e. The van der Waals surface area contributed by atoms with Crippen LogP contribution in [0.4, 0.5) is 4.79 Å². The molecule has 1 saturated heterocycles. The van der Waals surface area contributed by atoms with E-state index in [9.17, 15) is 18.0 Å². The lowest BCUT2D eigenvalue weighted by Gasteiger charge is -2.52. The molecule has 3 aliphatic heterocycles. The second-order valence-electron chi connectivity index (χ2n) is 14.4. The molecule has 288 valence electrons. The molecular weight excluding hydrogens is 720 g/mol. The first-order valence-corrected chi connectivity index (χ1v) is 19.1. The lowest BCUT2D eigenvalue weighted by Crippen LogP contribution is -2.62. The molecule has 6 rings (SSSR count). The van der Waals surface area contributed by atoms with Crippen molar-refractivity contribution in [1.82, 2.24) is 9.80 Å². The average Bonchev–Trinajstić information content (AvgIpc) is 3.58. The van der Waals surface area contributed by atoms with Gasteiger partial charge in [0, 0.05) is 35.7 Å². The number of nitrogens with zero attached hydrogens (tertiary/aromatic N) is 2. The van der Waals surface area contributed by atoms with Crippen molar-refractivity contribution in [1.29, 1.82) is 0 Å². The number of aryl methyl sites for hydroxylation is 1. The smallest absolute Gasteiger partial charge is 0.411 e. The minimum atomic E-state index is -4.01. The normalized spacial score (nSPS) is 18.1. The summed E-state index contributed by atoms with van der Waals surface area (Å²) in [6.45, 7) is 13.9. The summed E-state index contributed by atoms with van der Waals surface area (Å²) in [4.78, 5) is 44.3. The van der Waals surface area contributed by atoms with E-state index < -0.39 is 58.4 Å². The topological polar surface area (TPSA) is 156 Å². The number of esters is 1. The van der Waals surface area contributed by atoms with Crippen LogP contribution in [0.25, 0.3) is 0 Å². The second kappa shape index (κ2) is 14.4. The van der Waals surface area contributed by atoms with Crippen LogP contribution in [-0.2, 0) is 42.2 Å². The summed E-state index contributed by atoms with van der Waals surface area (Å²) in [6.07, 6.45) is 0.216. The van der Waals surface area contributed by atoms with Gasteiger partial charge in [-0.15, -0.1) is 0 Å². The fraction of sp³-hybridized carbons (Fsp3) is 0.410. The van der Waals surface area contributed by atoms with Crippen molar-refractivity contribution in [2.75, 3.05) is 26.8 Å². The molecule has 1 fully saturated rings. The van der Waals surface area contributed by atoms with Gasteiger partial charge < -0.3 is 37.5 Å². The van der Waals surface area contributed by atoms with Gasteiger partial charge in [0.1, 0.15) is 36.6 Å². The van der Waals surface area contributed by atoms with E-state index in [1.54, 1.807) is 27.7 Å². The summed E-state index contributed by atoms with van der Waals surface area (Å²) in [5, 5.41) is 0. The number of rotatable bonds is 10. The predicted octanol–water partition coefficient (Wildman–Crippen LogP) is 5.82. The third kappa shape index (κ3) is 7.36. The molecule has 3 atom stereocenters. The van der Waals surface area contributed by atoms with E-state index in [2.05, 4.69) is 6.58 Å². The van der Waals surface area contributed by atoms with E-state index in [0.717, 1.165) is 22.9 Å². The molecule has 3 heterocycles. The van der Waals surface area contributed by atoms with E-state index in [1.807, 2.05) is 43.3 Å². The molecule has 0 aliphatic carbocycles. The zero-order valence-electron chi connectivity index (χ0n) is 31.5. The molecule has 0 saturated carbocycles. The van der Waals surface area contributed by atoms with Gasteiger partial charge in [0.2, 0.25) is 6.79 Å². The predicted molar refractivity (Wildman–Crippen MR) is 195 cm³/mol. The monoisotopic (exact) mass is 764 g/mol. The van der Waals surface area contributed by atoms with Crippen molar-refractivity contribution in [2.45, 2.75) is 78.3 Å². The quantitative estimate of drug-likeness (QED) is 0.180. The van der Waals surface area contributed by atoms with Gasteiger partial charge in [-0.1, -0.05) is 43.0 Å². The van der Waals surface area contributed by atoms with Gasteiger partial charge in [-0.25, -0.2) is 4.79 Å². The molecule has 3 aliphatic rings. The Bertz CT molecular complexity index is 2130. The van der Waals surface area contributed by atoms with Crippen molar-refractivity contribution in [3.63, 3.8) is 0 Å². The SMILES string of the molecule is C=C1[C@H]2c3c(cc(C)c(OC)c3OCc3ccccc3)C[C@@H](C(=O)N1[C@@H](COC(C)=O)c1cc(OS(C)(=O)=O)c(C)c3c1OCO3)N2C(=O)OC(C)(C)C. The molecule has 0 spiro atoms. The van der Waals surface area contributed by atoms with Gasteiger partial charge >= 0.3 is 22.2 Å². The number of carbonyl (C=O) groups excluding carboxylic acids is 3. The maximum Gasteiger partial charge on any atom is 0.411 e. The van der Waals surface area contributed by atoms with Crippen LogP contribution < -0.4 is 23.1 Å². The van der Waals surface area contributed by atoms with Crippen molar-refractivity contribution in [2.24, 2.45) is 0 Å². The summed E-state index contributed by atoms with van der Waals surface area (Å²) >= 11 is 0. The Morgan fingerprint density at radius 3 is 2.37 bits per heavy atom. The maximum absolute atomic E-state index is 15.0. The summed E-state index contributed by atoms with van der Waals surface area (Å²) in [5.41, 5.74) is 2.71. The molecule has 0 N–H and O–H groups in total. The van der Waals surface area contributed by atoms with Crippen molar-refractivity contribution >= 4 is 28.1 Å². The molecule has 3 aromatic carbocycles. The number of benzene rings is 3. The van der Waals surface area contributed by atoms with Crippen LogP contribution in [0.3, 0.4) is 0 Å². The molecule has 2 amide bonds. The number of piperazine rings is 1. The second-order valence-corrected chi connectivity index (χ2v) is 15.9. The van der Waals surface area contributed by atoms with Crippen LogP contribution in [-0.4, -0.2) is 74.6 Å². The van der Waals surface area contributed by atoms with E-state index in [1.165, 1.54) is 29.9 Å².